The second-order valence-corrected chi connectivity index (χ2v) is 5.43. The van der Waals surface area contributed by atoms with E-state index < -0.39 is 22.7 Å². The molecular weight excluding hydrogens is 370 g/mol. The Morgan fingerprint density at radius 2 is 1.86 bits per heavy atom. The quantitative estimate of drug-likeness (QED) is 0.398. The van der Waals surface area contributed by atoms with Gasteiger partial charge in [-0.25, -0.2) is 0 Å². The van der Waals surface area contributed by atoms with Crippen LogP contribution >= 0.6 is 0 Å². The number of nitrogens with zero attached hydrogens (tertiary/aromatic N) is 1. The molecule has 0 aliphatic heterocycles. The van der Waals surface area contributed by atoms with Crippen molar-refractivity contribution in [1.29, 1.82) is 0 Å². The van der Waals surface area contributed by atoms with E-state index in [4.69, 9.17) is 4.74 Å². The van der Waals surface area contributed by atoms with Crippen LogP contribution in [0.15, 0.2) is 48.5 Å². The van der Waals surface area contributed by atoms with Crippen LogP contribution in [0.4, 0.5) is 11.4 Å². The van der Waals surface area contributed by atoms with Crippen LogP contribution in [0.3, 0.4) is 0 Å². The predicted octanol–water partition coefficient (Wildman–Crippen LogP) is 1.52. The zero-order chi connectivity index (χ0) is 20.5. The summed E-state index contributed by atoms with van der Waals surface area (Å²) in [6.45, 7) is -0.650. The molecule has 10 heteroatoms. The first-order chi connectivity index (χ1) is 13.4. The highest BCUT2D eigenvalue weighted by atomic mass is 16.6. The van der Waals surface area contributed by atoms with Gasteiger partial charge >= 0.3 is 5.97 Å². The second-order valence-electron chi connectivity index (χ2n) is 5.43. The number of methoxy groups -OCH3 is 1. The van der Waals surface area contributed by atoms with Crippen molar-refractivity contribution in [2.24, 2.45) is 0 Å². The largest absolute Gasteiger partial charge is 0.484 e. The van der Waals surface area contributed by atoms with Crippen molar-refractivity contribution in [3.05, 3.63) is 64.2 Å². The van der Waals surface area contributed by atoms with Gasteiger partial charge in [0.05, 0.1) is 18.1 Å². The number of esters is 1. The molecule has 146 valence electrons. The third-order valence-electron chi connectivity index (χ3n) is 3.43. The molecule has 0 aliphatic rings. The number of ether oxygens (including phenoxy) is 2. The van der Waals surface area contributed by atoms with Crippen LogP contribution in [0.1, 0.15) is 10.4 Å². The Labute approximate surface area is 159 Å². The molecule has 0 fully saturated rings. The van der Waals surface area contributed by atoms with Gasteiger partial charge in [0, 0.05) is 17.3 Å². The Morgan fingerprint density at radius 3 is 2.57 bits per heavy atom. The van der Waals surface area contributed by atoms with Crippen LogP contribution in [-0.2, 0) is 14.3 Å². The van der Waals surface area contributed by atoms with Gasteiger partial charge in [0.2, 0.25) is 0 Å². The molecule has 2 aromatic carbocycles. The smallest absolute Gasteiger partial charge is 0.325 e. The van der Waals surface area contributed by atoms with Crippen LogP contribution in [0, 0.1) is 10.1 Å². The molecule has 2 rings (SSSR count). The lowest BCUT2D eigenvalue weighted by atomic mass is 10.2. The van der Waals surface area contributed by atoms with Crippen LogP contribution in [0.25, 0.3) is 0 Å². The van der Waals surface area contributed by atoms with Crippen LogP contribution in [0.2, 0.25) is 0 Å². The highest BCUT2D eigenvalue weighted by Crippen LogP contribution is 2.19. The number of non-ortho nitro benzene ring substituents is 1. The third-order valence-corrected chi connectivity index (χ3v) is 3.43. The lowest BCUT2D eigenvalue weighted by Crippen LogP contribution is -2.30. The number of nitrogens with one attached hydrogen (secondary N) is 2. The number of hydrogen-bond acceptors (Lipinski definition) is 7. The summed E-state index contributed by atoms with van der Waals surface area (Å²) in [5.41, 5.74) is 0.434. The molecule has 0 atom stereocenters. The summed E-state index contributed by atoms with van der Waals surface area (Å²) in [6.07, 6.45) is 0. The SMILES string of the molecule is COC(=O)CNC(=O)c1cccc(NC(=O)COc2cccc([N+](=O)[O-])c2)c1. The summed E-state index contributed by atoms with van der Waals surface area (Å²) in [5, 5.41) is 15.7. The molecule has 0 radical (unpaired) electrons. The second kappa shape index (κ2) is 9.67. The number of rotatable bonds is 8. The molecule has 28 heavy (non-hydrogen) atoms. The van der Waals surface area contributed by atoms with E-state index in [1.807, 2.05) is 0 Å². The number of hydrogen-bond donors (Lipinski definition) is 2. The number of carbonyl (C=O) groups excluding carboxylic acids is 3. The Bertz CT molecular complexity index is 898. The zero-order valence-corrected chi connectivity index (χ0v) is 14.8. The van der Waals surface area contributed by atoms with Gasteiger partial charge in [0.1, 0.15) is 12.3 Å². The first-order valence-corrected chi connectivity index (χ1v) is 8.01. The van der Waals surface area contributed by atoms with Gasteiger partial charge in [-0.05, 0) is 24.3 Å². The highest BCUT2D eigenvalue weighted by molar-refractivity contribution is 5.98. The average molecular weight is 387 g/mol. The Hall–Kier alpha value is -3.95. The summed E-state index contributed by atoms with van der Waals surface area (Å²) in [5.74, 6) is -1.43. The lowest BCUT2D eigenvalue weighted by molar-refractivity contribution is -0.384. The summed E-state index contributed by atoms with van der Waals surface area (Å²) in [7, 11) is 1.21. The number of nitro groups is 1. The average Bonchev–Trinajstić information content (AvgIpc) is 2.70. The van der Waals surface area contributed by atoms with Gasteiger partial charge < -0.3 is 20.1 Å². The van der Waals surface area contributed by atoms with Gasteiger partial charge in [-0.15, -0.1) is 0 Å². The van der Waals surface area contributed by atoms with Crippen LogP contribution in [-0.4, -0.2) is 43.0 Å². The van der Waals surface area contributed by atoms with E-state index >= 15 is 0 Å². The fraction of sp³-hybridized carbons (Fsp3) is 0.167. The summed E-state index contributed by atoms with van der Waals surface area (Å²) >= 11 is 0. The number of amides is 2. The van der Waals surface area contributed by atoms with E-state index in [9.17, 15) is 24.5 Å². The first kappa shape index (κ1) is 20.4. The first-order valence-electron chi connectivity index (χ1n) is 8.01. The maximum atomic E-state index is 12.0. The maximum Gasteiger partial charge on any atom is 0.325 e. The molecular formula is C18H17N3O7. The van der Waals surface area contributed by atoms with Gasteiger partial charge in [-0.1, -0.05) is 12.1 Å². The monoisotopic (exact) mass is 387 g/mol. The van der Waals surface area contributed by atoms with Crippen molar-refractivity contribution < 1.29 is 28.8 Å². The molecule has 0 aliphatic carbocycles. The molecule has 0 saturated carbocycles. The molecule has 0 spiro atoms. The summed E-state index contributed by atoms with van der Waals surface area (Å²) in [6, 6.07) is 11.5. The van der Waals surface area contributed by atoms with E-state index in [1.165, 1.54) is 43.5 Å². The molecule has 2 aromatic rings. The fourth-order valence-corrected chi connectivity index (χ4v) is 2.10. The minimum atomic E-state index is -0.587. The third kappa shape index (κ3) is 6.09. The van der Waals surface area contributed by atoms with E-state index in [1.54, 1.807) is 12.1 Å². The van der Waals surface area contributed by atoms with Crippen molar-refractivity contribution in [3.8, 4) is 5.75 Å². The normalized spacial score (nSPS) is 9.89. The van der Waals surface area contributed by atoms with Gasteiger partial charge in [0.25, 0.3) is 17.5 Å². The van der Waals surface area contributed by atoms with E-state index in [0.717, 1.165) is 0 Å². The van der Waals surface area contributed by atoms with Crippen molar-refractivity contribution in [2.75, 3.05) is 25.6 Å². The van der Waals surface area contributed by atoms with Crippen LogP contribution in [0.5, 0.6) is 5.75 Å². The van der Waals surface area contributed by atoms with Gasteiger partial charge in [0.15, 0.2) is 6.61 Å². The molecule has 0 aromatic heterocycles. The van der Waals surface area contributed by atoms with Crippen molar-refractivity contribution in [3.63, 3.8) is 0 Å². The van der Waals surface area contributed by atoms with E-state index in [2.05, 4.69) is 15.4 Å². The molecule has 0 bridgehead atoms. The van der Waals surface area contributed by atoms with Crippen molar-refractivity contribution in [2.45, 2.75) is 0 Å². The number of anilines is 1. The molecule has 0 saturated heterocycles. The van der Waals surface area contributed by atoms with E-state index in [0.29, 0.717) is 5.69 Å². The van der Waals surface area contributed by atoms with Crippen molar-refractivity contribution >= 4 is 29.2 Å². The van der Waals surface area contributed by atoms with Gasteiger partial charge in [-0.2, -0.15) is 0 Å². The highest BCUT2D eigenvalue weighted by Gasteiger charge is 2.11. The Balaban J connectivity index is 1.91. The standard InChI is InChI=1S/C18H17N3O7/c1-27-17(23)10-19-18(24)12-4-2-5-13(8-12)20-16(22)11-28-15-7-3-6-14(9-15)21(25)26/h2-9H,10-11H2,1H3,(H,19,24)(H,20,22). The zero-order valence-electron chi connectivity index (χ0n) is 14.8. The molecule has 0 unspecified atom stereocenters. The molecule has 2 N–H and O–H groups in total. The van der Waals surface area contributed by atoms with Crippen LogP contribution < -0.4 is 15.4 Å². The minimum absolute atomic E-state index is 0.149. The van der Waals surface area contributed by atoms with Crippen molar-refractivity contribution in [1.82, 2.24) is 5.32 Å². The van der Waals surface area contributed by atoms with Gasteiger partial charge in [-0.3, -0.25) is 24.5 Å². The maximum absolute atomic E-state index is 12.0. The predicted molar refractivity (Wildman–Crippen MR) is 98.0 cm³/mol. The summed E-state index contributed by atoms with van der Waals surface area (Å²) < 4.78 is 9.67. The number of nitro benzene ring substituents is 1. The summed E-state index contributed by atoms with van der Waals surface area (Å²) in [4.78, 5) is 45.2. The fourth-order valence-electron chi connectivity index (χ4n) is 2.10. The number of carbonyl (C=O) groups is 3. The topological polar surface area (TPSA) is 137 Å². The Morgan fingerprint density at radius 1 is 1.11 bits per heavy atom. The Kier molecular flexibility index (Phi) is 7.03. The number of benzene rings is 2. The lowest BCUT2D eigenvalue weighted by Gasteiger charge is -2.09. The van der Waals surface area contributed by atoms with E-state index in [-0.39, 0.29) is 30.2 Å². The molecule has 0 heterocycles. The molecule has 2 amide bonds. The molecule has 10 nitrogen and oxygen atoms in total. The minimum Gasteiger partial charge on any atom is -0.484 e.